The van der Waals surface area contributed by atoms with E-state index in [0.29, 0.717) is 27.4 Å². The van der Waals surface area contributed by atoms with Crippen molar-refractivity contribution in [2.45, 2.75) is 19.0 Å². The van der Waals surface area contributed by atoms with Crippen molar-refractivity contribution in [1.82, 2.24) is 4.90 Å². The number of hydrogen-bond donors (Lipinski definition) is 0. The molecule has 0 unspecified atom stereocenters. The van der Waals surface area contributed by atoms with Crippen molar-refractivity contribution in [3.8, 4) is 0 Å². The van der Waals surface area contributed by atoms with E-state index in [4.69, 9.17) is 16.0 Å². The molecule has 1 amide bonds. The van der Waals surface area contributed by atoms with E-state index >= 15 is 0 Å². The quantitative estimate of drug-likeness (QED) is 0.741. The van der Waals surface area contributed by atoms with Crippen molar-refractivity contribution in [2.24, 2.45) is 0 Å². The predicted octanol–water partition coefficient (Wildman–Crippen LogP) is 3.53. The molecule has 1 aliphatic rings. The highest BCUT2D eigenvalue weighted by molar-refractivity contribution is 9.10. The minimum atomic E-state index is -3.12. The van der Waals surface area contributed by atoms with Gasteiger partial charge in [-0.25, -0.2) is 8.42 Å². The zero-order chi connectivity index (χ0) is 17.3. The zero-order valence-corrected chi connectivity index (χ0v) is 15.8. The van der Waals surface area contributed by atoms with E-state index in [1.807, 2.05) is 0 Å². The van der Waals surface area contributed by atoms with E-state index < -0.39 is 9.84 Å². The molecule has 1 saturated heterocycles. The standard InChI is InChI=1S/C16H15BrClNO4S/c17-15-6-5-12(23-15)9-19(11-7-8-24(21,22)10-11)16(20)13-3-1-2-4-14(13)18/h1-6,11H,7-10H2/t11-/m0/s1. The van der Waals surface area contributed by atoms with Crippen LogP contribution in [0.3, 0.4) is 0 Å². The summed E-state index contributed by atoms with van der Waals surface area (Å²) in [4.78, 5) is 14.5. The maximum Gasteiger partial charge on any atom is 0.256 e. The van der Waals surface area contributed by atoms with E-state index in [2.05, 4.69) is 15.9 Å². The van der Waals surface area contributed by atoms with Gasteiger partial charge >= 0.3 is 0 Å². The third-order valence-corrected chi connectivity index (χ3v) is 6.48. The third kappa shape index (κ3) is 3.84. The molecule has 5 nitrogen and oxygen atoms in total. The fourth-order valence-electron chi connectivity index (χ4n) is 2.78. The first-order valence-electron chi connectivity index (χ1n) is 7.36. The van der Waals surface area contributed by atoms with Crippen LogP contribution in [0.1, 0.15) is 22.5 Å². The van der Waals surface area contributed by atoms with Crippen LogP contribution in [0, 0.1) is 0 Å². The lowest BCUT2D eigenvalue weighted by molar-refractivity contribution is 0.0665. The van der Waals surface area contributed by atoms with Crippen molar-refractivity contribution < 1.29 is 17.6 Å². The number of amides is 1. The van der Waals surface area contributed by atoms with Crippen LogP contribution in [0.5, 0.6) is 0 Å². The summed E-state index contributed by atoms with van der Waals surface area (Å²) in [7, 11) is -3.12. The molecule has 24 heavy (non-hydrogen) atoms. The van der Waals surface area contributed by atoms with Gasteiger partial charge in [-0.3, -0.25) is 4.79 Å². The highest BCUT2D eigenvalue weighted by Crippen LogP contribution is 2.26. The number of furan rings is 1. The highest BCUT2D eigenvalue weighted by atomic mass is 79.9. The van der Waals surface area contributed by atoms with E-state index in [9.17, 15) is 13.2 Å². The first kappa shape index (κ1) is 17.5. The van der Waals surface area contributed by atoms with Gasteiger partial charge in [-0.1, -0.05) is 23.7 Å². The molecule has 1 atom stereocenters. The summed E-state index contributed by atoms with van der Waals surface area (Å²) in [5.41, 5.74) is 0.356. The Morgan fingerprint density at radius 2 is 2.04 bits per heavy atom. The Morgan fingerprint density at radius 3 is 2.62 bits per heavy atom. The van der Waals surface area contributed by atoms with E-state index in [0.717, 1.165) is 0 Å². The third-order valence-electron chi connectivity index (χ3n) is 3.97. The average Bonchev–Trinajstić information content (AvgIpc) is 3.10. The molecule has 2 aromatic rings. The van der Waals surface area contributed by atoms with Crippen molar-refractivity contribution in [3.05, 3.63) is 57.4 Å². The van der Waals surface area contributed by atoms with Crippen LogP contribution < -0.4 is 0 Å². The van der Waals surface area contributed by atoms with Gasteiger partial charge in [-0.05, 0) is 46.6 Å². The molecule has 1 aromatic carbocycles. The topological polar surface area (TPSA) is 67.6 Å². The van der Waals surface area contributed by atoms with Gasteiger partial charge in [0.25, 0.3) is 5.91 Å². The van der Waals surface area contributed by atoms with E-state index in [-0.39, 0.29) is 30.0 Å². The number of halogens is 2. The monoisotopic (exact) mass is 431 g/mol. The number of carbonyl (C=O) groups is 1. The van der Waals surface area contributed by atoms with Crippen LogP contribution in [-0.4, -0.2) is 36.8 Å². The van der Waals surface area contributed by atoms with E-state index in [1.165, 1.54) is 4.90 Å². The number of rotatable bonds is 4. The first-order valence-corrected chi connectivity index (χ1v) is 10.3. The minimum absolute atomic E-state index is 0.0366. The molecule has 0 N–H and O–H groups in total. The Morgan fingerprint density at radius 1 is 1.29 bits per heavy atom. The largest absolute Gasteiger partial charge is 0.452 e. The molecule has 0 aliphatic carbocycles. The number of sulfone groups is 1. The highest BCUT2D eigenvalue weighted by Gasteiger charge is 2.36. The number of nitrogens with zero attached hydrogens (tertiary/aromatic N) is 1. The number of hydrogen-bond acceptors (Lipinski definition) is 4. The average molecular weight is 433 g/mol. The molecule has 8 heteroatoms. The van der Waals surface area contributed by atoms with Gasteiger partial charge in [0.15, 0.2) is 14.5 Å². The van der Waals surface area contributed by atoms with Crippen molar-refractivity contribution in [1.29, 1.82) is 0 Å². The van der Waals surface area contributed by atoms with Crippen LogP contribution in [0.4, 0.5) is 0 Å². The lowest BCUT2D eigenvalue weighted by Gasteiger charge is -2.28. The lowest BCUT2D eigenvalue weighted by Crippen LogP contribution is -2.40. The van der Waals surface area contributed by atoms with Crippen LogP contribution in [0.15, 0.2) is 45.5 Å². The molecule has 3 rings (SSSR count). The summed E-state index contributed by atoms with van der Waals surface area (Å²) in [6, 6.07) is 9.85. The molecule has 128 valence electrons. The molecule has 0 spiro atoms. The molecular formula is C16H15BrClNO4S. The molecular weight excluding hydrogens is 418 g/mol. The second-order valence-corrected chi connectivity index (χ2v) is 9.09. The van der Waals surface area contributed by atoms with Crippen molar-refractivity contribution in [3.63, 3.8) is 0 Å². The summed E-state index contributed by atoms with van der Waals surface area (Å²) < 4.78 is 29.7. The Bertz CT molecular complexity index is 864. The number of carbonyl (C=O) groups excluding carboxylic acids is 1. The fraction of sp³-hybridized carbons (Fsp3) is 0.312. The van der Waals surface area contributed by atoms with Gasteiger partial charge in [0.05, 0.1) is 28.6 Å². The second-order valence-electron chi connectivity index (χ2n) is 5.68. The van der Waals surface area contributed by atoms with Gasteiger partial charge in [-0.2, -0.15) is 0 Å². The Labute approximate surface area is 153 Å². The molecule has 0 saturated carbocycles. The maximum atomic E-state index is 13.0. The minimum Gasteiger partial charge on any atom is -0.452 e. The van der Waals surface area contributed by atoms with Crippen molar-refractivity contribution in [2.75, 3.05) is 11.5 Å². The fourth-order valence-corrected chi connectivity index (χ4v) is 5.07. The SMILES string of the molecule is O=C(c1ccccc1Cl)N(Cc1ccc(Br)o1)[C@H]1CCS(=O)(=O)C1. The molecule has 2 heterocycles. The van der Waals surface area contributed by atoms with Gasteiger partial charge in [0.2, 0.25) is 0 Å². The molecule has 1 aromatic heterocycles. The Balaban J connectivity index is 1.92. The predicted molar refractivity (Wildman–Crippen MR) is 94.8 cm³/mol. The second kappa shape index (κ2) is 6.90. The maximum absolute atomic E-state index is 13.0. The summed E-state index contributed by atoms with van der Waals surface area (Å²) in [6.07, 6.45) is 0.417. The summed E-state index contributed by atoms with van der Waals surface area (Å²) in [5, 5.41) is 0.342. The Kier molecular flexibility index (Phi) is 5.03. The lowest BCUT2D eigenvalue weighted by atomic mass is 10.1. The summed E-state index contributed by atoms with van der Waals surface area (Å²) in [6.45, 7) is 0.190. The first-order chi connectivity index (χ1) is 11.4. The summed E-state index contributed by atoms with van der Waals surface area (Å²) in [5.74, 6) is 0.332. The van der Waals surface area contributed by atoms with Gasteiger partial charge in [-0.15, -0.1) is 0 Å². The zero-order valence-electron chi connectivity index (χ0n) is 12.6. The Hall–Kier alpha value is -1.31. The smallest absolute Gasteiger partial charge is 0.256 e. The molecule has 1 aliphatic heterocycles. The molecule has 0 bridgehead atoms. The van der Waals surface area contributed by atoms with Crippen LogP contribution in [-0.2, 0) is 16.4 Å². The van der Waals surface area contributed by atoms with Crippen LogP contribution in [0.25, 0.3) is 0 Å². The molecule has 1 fully saturated rings. The van der Waals surface area contributed by atoms with Crippen LogP contribution >= 0.6 is 27.5 Å². The van der Waals surface area contributed by atoms with Gasteiger partial charge in [0.1, 0.15) is 5.76 Å². The normalized spacial score (nSPS) is 19.3. The van der Waals surface area contributed by atoms with Crippen molar-refractivity contribution >= 4 is 43.3 Å². The summed E-state index contributed by atoms with van der Waals surface area (Å²) >= 11 is 9.37. The number of benzene rings is 1. The van der Waals surface area contributed by atoms with Gasteiger partial charge < -0.3 is 9.32 Å². The van der Waals surface area contributed by atoms with E-state index in [1.54, 1.807) is 36.4 Å². The van der Waals surface area contributed by atoms with Gasteiger partial charge in [0, 0.05) is 6.04 Å². The molecule has 0 radical (unpaired) electrons. The van der Waals surface area contributed by atoms with Crippen LogP contribution in [0.2, 0.25) is 5.02 Å².